The third kappa shape index (κ3) is 2.06. The van der Waals surface area contributed by atoms with E-state index in [1.54, 1.807) is 0 Å². The smallest absolute Gasteiger partial charge is 0.256 e. The lowest BCUT2D eigenvalue weighted by molar-refractivity contribution is 0.0710. The van der Waals surface area contributed by atoms with Gasteiger partial charge in [0, 0.05) is 24.2 Å². The van der Waals surface area contributed by atoms with Gasteiger partial charge in [-0.3, -0.25) is 4.79 Å². The number of aromatic amines is 1. The first-order valence-electron chi connectivity index (χ1n) is 8.24. The largest absolute Gasteiger partial charge is 0.361 e. The Kier molecular flexibility index (Phi) is 2.76. The maximum absolute atomic E-state index is 13.2. The molecule has 2 aromatic rings. The fourth-order valence-electron chi connectivity index (χ4n) is 5.12. The molecule has 2 aliphatic rings. The topological polar surface area (TPSA) is 36.1 Å². The summed E-state index contributed by atoms with van der Waals surface area (Å²) < 4.78 is 0. The first kappa shape index (κ1) is 13.9. The van der Waals surface area contributed by atoms with E-state index in [1.807, 2.05) is 24.4 Å². The number of carbonyl (C=O) groups excluding carboxylic acids is 1. The molecule has 1 aromatic heterocycles. The van der Waals surface area contributed by atoms with Gasteiger partial charge in [0.15, 0.2) is 0 Å². The number of amides is 1. The van der Waals surface area contributed by atoms with Crippen LogP contribution in [-0.4, -0.2) is 28.4 Å². The van der Waals surface area contributed by atoms with Gasteiger partial charge in [-0.2, -0.15) is 0 Å². The van der Waals surface area contributed by atoms with Crippen molar-refractivity contribution in [3.8, 4) is 0 Å². The molecule has 2 atom stereocenters. The van der Waals surface area contributed by atoms with Crippen LogP contribution in [0.25, 0.3) is 10.9 Å². The van der Waals surface area contributed by atoms with Crippen molar-refractivity contribution < 1.29 is 4.79 Å². The molecule has 1 unspecified atom stereocenters. The van der Waals surface area contributed by atoms with E-state index >= 15 is 0 Å². The van der Waals surface area contributed by atoms with Gasteiger partial charge in [0.25, 0.3) is 5.91 Å². The van der Waals surface area contributed by atoms with Crippen LogP contribution in [-0.2, 0) is 0 Å². The SMILES string of the molecule is CC1(C)CC2C[C@](C)(CN2C(=O)c2cccc3cc[nH]c23)C1. The normalized spacial score (nSPS) is 30.0. The second-order valence-electron chi connectivity index (χ2n) is 8.39. The average Bonchev–Trinajstić information content (AvgIpc) is 2.98. The van der Waals surface area contributed by atoms with Gasteiger partial charge in [0.2, 0.25) is 0 Å². The summed E-state index contributed by atoms with van der Waals surface area (Å²) in [5.74, 6) is 0.194. The fourth-order valence-corrected chi connectivity index (χ4v) is 5.12. The molecule has 1 saturated carbocycles. The van der Waals surface area contributed by atoms with E-state index in [1.165, 1.54) is 6.42 Å². The molecule has 1 amide bonds. The predicted molar refractivity (Wildman–Crippen MR) is 88.9 cm³/mol. The van der Waals surface area contributed by atoms with Crippen LogP contribution in [0.5, 0.6) is 0 Å². The lowest BCUT2D eigenvalue weighted by Gasteiger charge is -2.39. The van der Waals surface area contributed by atoms with Crippen molar-refractivity contribution in [1.82, 2.24) is 9.88 Å². The van der Waals surface area contributed by atoms with E-state index < -0.39 is 0 Å². The van der Waals surface area contributed by atoms with Gasteiger partial charge >= 0.3 is 0 Å². The summed E-state index contributed by atoms with van der Waals surface area (Å²) in [4.78, 5) is 18.5. The monoisotopic (exact) mass is 296 g/mol. The van der Waals surface area contributed by atoms with Gasteiger partial charge < -0.3 is 9.88 Å². The van der Waals surface area contributed by atoms with E-state index in [4.69, 9.17) is 0 Å². The Bertz CT molecular complexity index is 745. The highest BCUT2D eigenvalue weighted by Gasteiger charge is 2.51. The Labute approximate surface area is 131 Å². The molecule has 1 saturated heterocycles. The van der Waals surface area contributed by atoms with Crippen molar-refractivity contribution in [3.05, 3.63) is 36.0 Å². The second kappa shape index (κ2) is 4.37. The zero-order chi connectivity index (χ0) is 15.5. The minimum absolute atomic E-state index is 0.194. The third-order valence-electron chi connectivity index (χ3n) is 5.49. The molecule has 1 aliphatic carbocycles. The average molecular weight is 296 g/mol. The number of hydrogen-bond donors (Lipinski definition) is 1. The Morgan fingerprint density at radius 2 is 2.05 bits per heavy atom. The van der Waals surface area contributed by atoms with Crippen molar-refractivity contribution in [3.63, 3.8) is 0 Å². The number of aromatic nitrogens is 1. The van der Waals surface area contributed by atoms with Gasteiger partial charge in [-0.25, -0.2) is 0 Å². The van der Waals surface area contributed by atoms with E-state index in [9.17, 15) is 4.79 Å². The zero-order valence-corrected chi connectivity index (χ0v) is 13.6. The molecule has 3 nitrogen and oxygen atoms in total. The standard InChI is InChI=1S/C19H24N2O/c1-18(2)9-14-10-19(3,11-18)12-21(14)17(22)15-6-4-5-13-7-8-20-16(13)15/h4-8,14,20H,9-12H2,1-3H3/t14?,19-/m0/s1. The molecule has 1 aliphatic heterocycles. The molecule has 4 rings (SSSR count). The maximum atomic E-state index is 13.2. The van der Waals surface area contributed by atoms with Crippen molar-refractivity contribution in [2.75, 3.05) is 6.54 Å². The molecule has 2 heterocycles. The first-order chi connectivity index (χ1) is 10.4. The zero-order valence-electron chi connectivity index (χ0n) is 13.6. The number of fused-ring (bicyclic) bond motifs is 3. The molecule has 2 bridgehead atoms. The van der Waals surface area contributed by atoms with Crippen LogP contribution in [0.1, 0.15) is 50.4 Å². The summed E-state index contributed by atoms with van der Waals surface area (Å²) in [7, 11) is 0. The van der Waals surface area contributed by atoms with Crippen molar-refractivity contribution in [2.24, 2.45) is 10.8 Å². The highest BCUT2D eigenvalue weighted by molar-refractivity contribution is 6.05. The van der Waals surface area contributed by atoms with Gasteiger partial charge in [0.1, 0.15) is 0 Å². The van der Waals surface area contributed by atoms with Crippen molar-refractivity contribution in [2.45, 2.75) is 46.1 Å². The van der Waals surface area contributed by atoms with Crippen LogP contribution >= 0.6 is 0 Å². The summed E-state index contributed by atoms with van der Waals surface area (Å²) >= 11 is 0. The predicted octanol–water partition coefficient (Wildman–Crippen LogP) is 4.21. The lowest BCUT2D eigenvalue weighted by atomic mass is 9.65. The number of nitrogens with zero attached hydrogens (tertiary/aromatic N) is 1. The first-order valence-corrected chi connectivity index (χ1v) is 8.24. The summed E-state index contributed by atoms with van der Waals surface area (Å²) in [5.41, 5.74) is 2.41. The van der Waals surface area contributed by atoms with Crippen LogP contribution in [0.3, 0.4) is 0 Å². The number of carbonyl (C=O) groups is 1. The third-order valence-corrected chi connectivity index (χ3v) is 5.49. The minimum Gasteiger partial charge on any atom is -0.361 e. The summed E-state index contributed by atoms with van der Waals surface area (Å²) in [5, 5.41) is 1.11. The maximum Gasteiger partial charge on any atom is 0.256 e. The van der Waals surface area contributed by atoms with E-state index in [0.29, 0.717) is 11.5 Å². The second-order valence-corrected chi connectivity index (χ2v) is 8.39. The number of benzene rings is 1. The molecule has 0 spiro atoms. The van der Waals surface area contributed by atoms with Gasteiger partial charge in [0.05, 0.1) is 11.1 Å². The number of para-hydroxylation sites is 1. The van der Waals surface area contributed by atoms with Crippen LogP contribution in [0.2, 0.25) is 0 Å². The molecule has 1 aromatic carbocycles. The quantitative estimate of drug-likeness (QED) is 0.841. The van der Waals surface area contributed by atoms with E-state index in [-0.39, 0.29) is 11.3 Å². The molecule has 1 N–H and O–H groups in total. The molecule has 116 valence electrons. The van der Waals surface area contributed by atoms with E-state index in [0.717, 1.165) is 35.9 Å². The van der Waals surface area contributed by atoms with Crippen LogP contribution in [0.4, 0.5) is 0 Å². The Morgan fingerprint density at radius 1 is 1.23 bits per heavy atom. The van der Waals surface area contributed by atoms with Gasteiger partial charge in [-0.05, 0) is 42.2 Å². The van der Waals surface area contributed by atoms with Crippen LogP contribution in [0, 0.1) is 10.8 Å². The van der Waals surface area contributed by atoms with Gasteiger partial charge in [-0.1, -0.05) is 32.9 Å². The summed E-state index contributed by atoms with van der Waals surface area (Å²) in [6.07, 6.45) is 5.40. The Balaban J connectivity index is 1.71. The Morgan fingerprint density at radius 3 is 2.86 bits per heavy atom. The number of hydrogen-bond acceptors (Lipinski definition) is 1. The fraction of sp³-hybridized carbons (Fsp3) is 0.526. The number of nitrogens with one attached hydrogen (secondary N) is 1. The van der Waals surface area contributed by atoms with Crippen LogP contribution in [0.15, 0.2) is 30.5 Å². The minimum atomic E-state index is 0.194. The number of H-pyrrole nitrogens is 1. The molecular formula is C19H24N2O. The number of rotatable bonds is 1. The summed E-state index contributed by atoms with van der Waals surface area (Å²) in [6, 6.07) is 8.41. The van der Waals surface area contributed by atoms with Gasteiger partial charge in [-0.15, -0.1) is 0 Å². The van der Waals surface area contributed by atoms with E-state index in [2.05, 4.69) is 36.7 Å². The number of likely N-dealkylation sites (tertiary alicyclic amines) is 1. The van der Waals surface area contributed by atoms with Crippen molar-refractivity contribution >= 4 is 16.8 Å². The highest BCUT2D eigenvalue weighted by Crippen LogP contribution is 2.52. The summed E-state index contributed by atoms with van der Waals surface area (Å²) in [6.45, 7) is 7.94. The molecule has 3 heteroatoms. The highest BCUT2D eigenvalue weighted by atomic mass is 16.2. The molecular weight excluding hydrogens is 272 g/mol. The molecule has 0 radical (unpaired) electrons. The lowest BCUT2D eigenvalue weighted by Crippen LogP contribution is -2.37. The van der Waals surface area contributed by atoms with Crippen molar-refractivity contribution in [1.29, 1.82) is 0 Å². The molecule has 22 heavy (non-hydrogen) atoms. The Hall–Kier alpha value is -1.77. The van der Waals surface area contributed by atoms with Crippen LogP contribution < -0.4 is 0 Å². The molecule has 2 fully saturated rings.